The average molecular weight is 457 g/mol. The van der Waals surface area contributed by atoms with Crippen LogP contribution in [-0.2, 0) is 0 Å². The molecule has 158 valence electrons. The van der Waals surface area contributed by atoms with Crippen molar-refractivity contribution in [2.45, 2.75) is 13.8 Å². The molecule has 7 nitrogen and oxygen atoms in total. The largest absolute Gasteiger partial charge is 0.446 e. The van der Waals surface area contributed by atoms with Crippen molar-refractivity contribution in [1.29, 1.82) is 0 Å². The van der Waals surface area contributed by atoms with Crippen LogP contribution in [0.2, 0.25) is 10.0 Å². The van der Waals surface area contributed by atoms with E-state index in [1.807, 2.05) is 0 Å². The van der Waals surface area contributed by atoms with E-state index >= 15 is 0 Å². The van der Waals surface area contributed by atoms with E-state index in [0.717, 1.165) is 11.1 Å². The van der Waals surface area contributed by atoms with Crippen LogP contribution in [0.4, 0.5) is 0 Å². The molecule has 1 heterocycles. The smallest absolute Gasteiger partial charge is 0.307 e. The molecule has 0 saturated carbocycles. The van der Waals surface area contributed by atoms with Crippen LogP contribution < -0.4 is 10.9 Å². The minimum atomic E-state index is -0.590. The molecule has 0 bridgehead atoms. The normalized spacial score (nSPS) is 11.9. The molecule has 31 heavy (non-hydrogen) atoms. The number of furan rings is 1. The quantitative estimate of drug-likeness (QED) is 0.407. The number of hydrogen-bond acceptors (Lipinski definition) is 5. The third-order valence-electron chi connectivity index (χ3n) is 4.23. The molecule has 0 spiro atoms. The summed E-state index contributed by atoms with van der Waals surface area (Å²) < 4.78 is 5.32. The highest BCUT2D eigenvalue weighted by Crippen LogP contribution is 2.12. The number of carbonyl (C=O) groups is 2. The highest BCUT2D eigenvalue weighted by atomic mass is 35.5. The van der Waals surface area contributed by atoms with Crippen LogP contribution in [0.3, 0.4) is 0 Å². The van der Waals surface area contributed by atoms with Gasteiger partial charge in [0.2, 0.25) is 0 Å². The second-order valence-corrected chi connectivity index (χ2v) is 7.33. The predicted octanol–water partition coefficient (Wildman–Crippen LogP) is 4.89. The van der Waals surface area contributed by atoms with Gasteiger partial charge in [-0.25, -0.2) is 10.9 Å². The van der Waals surface area contributed by atoms with Crippen molar-refractivity contribution in [3.63, 3.8) is 0 Å². The van der Waals surface area contributed by atoms with Gasteiger partial charge in [0.05, 0.1) is 11.4 Å². The third-order valence-corrected chi connectivity index (χ3v) is 4.73. The van der Waals surface area contributed by atoms with Gasteiger partial charge in [0.25, 0.3) is 0 Å². The minimum absolute atomic E-state index is 0.0591. The average Bonchev–Trinajstić information content (AvgIpc) is 3.27. The molecule has 2 aromatic carbocycles. The van der Waals surface area contributed by atoms with Crippen molar-refractivity contribution in [3.8, 4) is 0 Å². The van der Waals surface area contributed by atoms with Crippen molar-refractivity contribution in [1.82, 2.24) is 10.9 Å². The lowest BCUT2D eigenvalue weighted by Crippen LogP contribution is -2.20. The minimum Gasteiger partial charge on any atom is -0.446 e. The molecule has 2 N–H and O–H groups in total. The molecule has 2 amide bonds. The molecule has 0 radical (unpaired) electrons. The molecular formula is C22H18Cl2N4O3. The Kier molecular flexibility index (Phi) is 7.23. The van der Waals surface area contributed by atoms with Crippen LogP contribution in [0, 0.1) is 0 Å². The van der Waals surface area contributed by atoms with Gasteiger partial charge in [0.1, 0.15) is 0 Å². The van der Waals surface area contributed by atoms with Crippen LogP contribution in [0.1, 0.15) is 46.1 Å². The lowest BCUT2D eigenvalue weighted by Gasteiger charge is -2.02. The standard InChI is InChI=1S/C22H18Cl2N4O3/c1-13(15-3-7-17(23)8-4-15)25-27-21(29)19-11-12-20(31-19)22(30)28-26-14(2)16-5-9-18(24)10-6-16/h3-12H,1-2H3,(H,27,29)(H,28,30)/b25-13+,26-14+. The van der Waals surface area contributed by atoms with E-state index in [2.05, 4.69) is 21.1 Å². The van der Waals surface area contributed by atoms with Crippen LogP contribution in [0.25, 0.3) is 0 Å². The van der Waals surface area contributed by atoms with Crippen molar-refractivity contribution in [3.05, 3.63) is 93.4 Å². The highest BCUT2D eigenvalue weighted by Gasteiger charge is 2.15. The summed E-state index contributed by atoms with van der Waals surface area (Å²) in [5.41, 5.74) is 7.56. The molecule has 0 aliphatic heterocycles. The number of nitrogens with zero attached hydrogens (tertiary/aromatic N) is 2. The van der Waals surface area contributed by atoms with Crippen LogP contribution in [0.15, 0.2) is 75.3 Å². The molecule has 0 aliphatic rings. The van der Waals surface area contributed by atoms with E-state index in [1.165, 1.54) is 12.1 Å². The van der Waals surface area contributed by atoms with Gasteiger partial charge in [-0.1, -0.05) is 47.5 Å². The maximum atomic E-state index is 12.2. The SMILES string of the molecule is C/C(=N\NC(=O)c1ccc(C(=O)N/N=C(\C)c2ccc(Cl)cc2)o1)c1ccc(Cl)cc1. The number of nitrogens with one attached hydrogen (secondary N) is 2. The van der Waals surface area contributed by atoms with E-state index < -0.39 is 11.8 Å². The first-order chi connectivity index (χ1) is 14.8. The van der Waals surface area contributed by atoms with E-state index in [0.29, 0.717) is 21.5 Å². The fraction of sp³-hybridized carbons (Fsp3) is 0.0909. The maximum Gasteiger partial charge on any atom is 0.307 e. The number of amides is 2. The van der Waals surface area contributed by atoms with Crippen molar-refractivity contribution >= 4 is 46.4 Å². The molecule has 0 saturated heterocycles. The second kappa shape index (κ2) is 10.1. The molecular weight excluding hydrogens is 439 g/mol. The molecule has 0 atom stereocenters. The van der Waals surface area contributed by atoms with Crippen molar-refractivity contribution in [2.24, 2.45) is 10.2 Å². The first-order valence-corrected chi connectivity index (χ1v) is 9.90. The Balaban J connectivity index is 1.60. The summed E-state index contributed by atoms with van der Waals surface area (Å²) in [6.07, 6.45) is 0. The summed E-state index contributed by atoms with van der Waals surface area (Å²) in [7, 11) is 0. The topological polar surface area (TPSA) is 96.1 Å². The Labute approximate surface area is 188 Å². The number of hydrogen-bond donors (Lipinski definition) is 2. The number of halogens is 2. The van der Waals surface area contributed by atoms with Gasteiger partial charge < -0.3 is 4.42 Å². The molecule has 1 aromatic heterocycles. The zero-order chi connectivity index (χ0) is 22.4. The molecule has 0 unspecified atom stereocenters. The Hall–Kier alpha value is -3.42. The van der Waals surface area contributed by atoms with Gasteiger partial charge >= 0.3 is 11.8 Å². The van der Waals surface area contributed by atoms with Gasteiger partial charge in [-0.15, -0.1) is 0 Å². The number of benzene rings is 2. The Morgan fingerprint density at radius 1 is 0.677 bits per heavy atom. The van der Waals surface area contributed by atoms with Gasteiger partial charge in [-0.3, -0.25) is 9.59 Å². The fourth-order valence-corrected chi connectivity index (χ4v) is 2.72. The molecule has 9 heteroatoms. The van der Waals surface area contributed by atoms with Gasteiger partial charge in [-0.05, 0) is 61.4 Å². The first-order valence-electron chi connectivity index (χ1n) is 9.14. The van der Waals surface area contributed by atoms with E-state index in [9.17, 15) is 9.59 Å². The van der Waals surface area contributed by atoms with Gasteiger partial charge in [0, 0.05) is 10.0 Å². The van der Waals surface area contributed by atoms with Crippen molar-refractivity contribution in [2.75, 3.05) is 0 Å². The third kappa shape index (κ3) is 6.04. The predicted molar refractivity (Wildman–Crippen MR) is 121 cm³/mol. The number of rotatable bonds is 6. The van der Waals surface area contributed by atoms with Crippen LogP contribution in [-0.4, -0.2) is 23.2 Å². The monoisotopic (exact) mass is 456 g/mol. The number of carbonyl (C=O) groups excluding carboxylic acids is 2. The zero-order valence-corrected chi connectivity index (χ0v) is 18.2. The maximum absolute atomic E-state index is 12.2. The van der Waals surface area contributed by atoms with Gasteiger partial charge in [0.15, 0.2) is 11.5 Å². The van der Waals surface area contributed by atoms with Gasteiger partial charge in [-0.2, -0.15) is 10.2 Å². The van der Waals surface area contributed by atoms with Crippen LogP contribution in [0.5, 0.6) is 0 Å². The molecule has 0 aliphatic carbocycles. The van der Waals surface area contributed by atoms with E-state index in [1.54, 1.807) is 62.4 Å². The Morgan fingerprint density at radius 2 is 1.03 bits per heavy atom. The summed E-state index contributed by atoms with van der Waals surface area (Å²) in [6, 6.07) is 16.8. The summed E-state index contributed by atoms with van der Waals surface area (Å²) in [6.45, 7) is 3.48. The fourth-order valence-electron chi connectivity index (χ4n) is 2.47. The Bertz CT molecular complexity index is 1060. The lowest BCUT2D eigenvalue weighted by atomic mass is 10.1. The number of hydrazone groups is 2. The lowest BCUT2D eigenvalue weighted by molar-refractivity contribution is 0.0902. The molecule has 3 rings (SSSR count). The van der Waals surface area contributed by atoms with E-state index in [4.69, 9.17) is 27.6 Å². The highest BCUT2D eigenvalue weighted by molar-refractivity contribution is 6.31. The summed E-state index contributed by atoms with van der Waals surface area (Å²) in [5.74, 6) is -1.30. The Morgan fingerprint density at radius 3 is 1.39 bits per heavy atom. The second-order valence-electron chi connectivity index (χ2n) is 6.45. The summed E-state index contributed by atoms with van der Waals surface area (Å²) in [4.78, 5) is 24.5. The van der Waals surface area contributed by atoms with Crippen LogP contribution >= 0.6 is 23.2 Å². The van der Waals surface area contributed by atoms with Crippen molar-refractivity contribution < 1.29 is 14.0 Å². The summed E-state index contributed by atoms with van der Waals surface area (Å²) >= 11 is 11.7. The first kappa shape index (κ1) is 22.3. The molecule has 3 aromatic rings. The zero-order valence-electron chi connectivity index (χ0n) is 16.6. The summed E-state index contributed by atoms with van der Waals surface area (Å²) in [5, 5.41) is 9.28. The molecule has 0 fully saturated rings. The van der Waals surface area contributed by atoms with E-state index in [-0.39, 0.29) is 11.5 Å².